The van der Waals surface area contributed by atoms with Crippen LogP contribution >= 0.6 is 0 Å². The Hall–Kier alpha value is 0.510. The van der Waals surface area contributed by atoms with Crippen molar-refractivity contribution in [1.29, 1.82) is 0 Å². The predicted octanol–water partition coefficient (Wildman–Crippen LogP) is -2.27. The maximum Gasteiger partial charge on any atom is -1.00 e. The van der Waals surface area contributed by atoms with Gasteiger partial charge in [0.2, 0.25) is 0 Å². The minimum atomic E-state index is 0. The molecule has 0 nitrogen and oxygen atoms in total. The largest absolute Gasteiger partial charge is 1.00 e. The molecule has 0 N–H and O–H groups in total. The van der Waals surface area contributed by atoms with E-state index in [9.17, 15) is 0 Å². The molecule has 0 amide bonds. The molecule has 0 fully saturated rings. The van der Waals surface area contributed by atoms with Gasteiger partial charge in [-0.2, -0.15) is 0 Å². The summed E-state index contributed by atoms with van der Waals surface area (Å²) in [6, 6.07) is 19.6. The quantitative estimate of drug-likeness (QED) is 0.249. The van der Waals surface area contributed by atoms with Crippen molar-refractivity contribution in [1.82, 2.24) is 0 Å². The summed E-state index contributed by atoms with van der Waals surface area (Å²) in [6.45, 7) is 0. The Bertz CT molecular complexity index is 549. The zero-order valence-electron chi connectivity index (χ0n) is 9.61. The van der Waals surface area contributed by atoms with Crippen molar-refractivity contribution in [2.45, 2.75) is 5.92 Å². The summed E-state index contributed by atoms with van der Waals surface area (Å²) in [4.78, 5) is 0. The number of allylic oxidation sites excluding steroid dienone is 1. The Kier molecular flexibility index (Phi) is 6.75. The number of rotatable bonds is 1. The second-order valence-electron chi connectivity index (χ2n) is 4.07. The smallest absolute Gasteiger partial charge is 1.00 e. The second-order valence-corrected chi connectivity index (χ2v) is 6.15. The van der Waals surface area contributed by atoms with Gasteiger partial charge in [-0.3, -0.25) is 0 Å². The summed E-state index contributed by atoms with van der Waals surface area (Å²) < 4.78 is 1.58. The molecular formula is C15H11HfI2. The van der Waals surface area contributed by atoms with Crippen molar-refractivity contribution < 1.29 is 72.3 Å². The first-order chi connectivity index (χ1) is 7.86. The van der Waals surface area contributed by atoms with Crippen molar-refractivity contribution in [3.63, 3.8) is 0 Å². The van der Waals surface area contributed by atoms with Crippen LogP contribution in [0.2, 0.25) is 0 Å². The van der Waals surface area contributed by atoms with Gasteiger partial charge in [0.05, 0.1) is 0 Å². The first-order valence-electron chi connectivity index (χ1n) is 5.43. The molecule has 89 valence electrons. The summed E-state index contributed by atoms with van der Waals surface area (Å²) in [5, 5.41) is 0. The molecule has 3 heteroatoms. The zero-order chi connectivity index (χ0) is 11.0. The predicted molar refractivity (Wildman–Crippen MR) is 62.7 cm³/mol. The number of halogens is 2. The van der Waals surface area contributed by atoms with E-state index < -0.39 is 0 Å². The van der Waals surface area contributed by atoms with Gasteiger partial charge in [-0.1, -0.05) is 0 Å². The van der Waals surface area contributed by atoms with Gasteiger partial charge in [0.25, 0.3) is 0 Å². The maximum absolute atomic E-state index is 2.36. The third kappa shape index (κ3) is 3.15. The molecule has 0 aromatic heterocycles. The van der Waals surface area contributed by atoms with Gasteiger partial charge >= 0.3 is 111 Å². The summed E-state index contributed by atoms with van der Waals surface area (Å²) in [5.74, 6) is 0.518. The fourth-order valence-electron chi connectivity index (χ4n) is 2.33. The third-order valence-electron chi connectivity index (χ3n) is 3.06. The topological polar surface area (TPSA) is 0 Å². The van der Waals surface area contributed by atoms with Crippen molar-refractivity contribution in [3.05, 3.63) is 74.6 Å². The minimum absolute atomic E-state index is 0. The van der Waals surface area contributed by atoms with Crippen LogP contribution in [0.4, 0.5) is 0 Å². The molecule has 0 radical (unpaired) electrons. The van der Waals surface area contributed by atoms with Crippen molar-refractivity contribution in [3.8, 4) is 0 Å². The monoisotopic (exact) mass is 625 g/mol. The Morgan fingerprint density at radius 3 is 2.11 bits per heavy atom. The Labute approximate surface area is 157 Å². The molecule has 1 aliphatic rings. The van der Waals surface area contributed by atoms with E-state index in [2.05, 4.69) is 60.7 Å². The summed E-state index contributed by atoms with van der Waals surface area (Å²) >= 11 is 1.14. The van der Waals surface area contributed by atoms with Crippen LogP contribution in [0.15, 0.2) is 57.9 Å². The van der Waals surface area contributed by atoms with Crippen LogP contribution in [-0.2, 0) is 24.4 Å². The molecule has 1 unspecified atom stereocenters. The summed E-state index contributed by atoms with van der Waals surface area (Å²) in [5.41, 5.74) is 4.30. The fourth-order valence-corrected chi connectivity index (χ4v) is 4.04. The molecule has 18 heavy (non-hydrogen) atoms. The Balaban J connectivity index is 0.000000810. The average molecular weight is 624 g/mol. The molecule has 0 heterocycles. The minimum Gasteiger partial charge on any atom is -1.00 e. The van der Waals surface area contributed by atoms with Crippen LogP contribution in [0, 0.1) is 0 Å². The summed E-state index contributed by atoms with van der Waals surface area (Å²) in [7, 11) is 0. The van der Waals surface area contributed by atoms with Gasteiger partial charge in [0.15, 0.2) is 0 Å². The van der Waals surface area contributed by atoms with Crippen LogP contribution in [-0.4, -0.2) is 0 Å². The van der Waals surface area contributed by atoms with Crippen molar-refractivity contribution >= 4 is 6.08 Å². The van der Waals surface area contributed by atoms with Crippen LogP contribution in [0.25, 0.3) is 6.08 Å². The molecule has 3 rings (SSSR count). The Morgan fingerprint density at radius 2 is 1.39 bits per heavy atom. The third-order valence-corrected chi connectivity index (χ3v) is 4.62. The molecule has 0 aliphatic heterocycles. The molecule has 0 saturated heterocycles. The molecule has 0 spiro atoms. The van der Waals surface area contributed by atoms with Gasteiger partial charge in [-0.15, -0.1) is 0 Å². The van der Waals surface area contributed by atoms with E-state index in [-0.39, 0.29) is 48.0 Å². The number of hydrogen-bond donors (Lipinski definition) is 0. The van der Waals surface area contributed by atoms with E-state index in [4.69, 9.17) is 0 Å². The van der Waals surface area contributed by atoms with E-state index >= 15 is 0 Å². The van der Waals surface area contributed by atoms with E-state index in [1.165, 1.54) is 16.7 Å². The van der Waals surface area contributed by atoms with Crippen molar-refractivity contribution in [2.75, 3.05) is 0 Å². The second kappa shape index (κ2) is 7.33. The van der Waals surface area contributed by atoms with E-state index in [1.807, 2.05) is 0 Å². The van der Waals surface area contributed by atoms with Gasteiger partial charge in [0, 0.05) is 0 Å². The molecule has 0 saturated carbocycles. The molecule has 1 atom stereocenters. The van der Waals surface area contributed by atoms with E-state index in [0.29, 0.717) is 5.92 Å². The molecule has 2 aromatic carbocycles. The molecule has 1 aliphatic carbocycles. The van der Waals surface area contributed by atoms with Crippen LogP contribution < -0.4 is 48.0 Å². The SMILES string of the molecule is [Hf+2][C]1=Cc2ccccc2C1c1ccccc1.[I-].[I-]. The summed E-state index contributed by atoms with van der Waals surface area (Å²) in [6.07, 6.45) is 2.36. The molecular weight excluding hydrogens is 612 g/mol. The number of benzene rings is 2. The average Bonchev–Trinajstić information content (AvgIpc) is 2.66. The maximum atomic E-state index is 2.36. The zero-order valence-corrected chi connectivity index (χ0v) is 17.5. The van der Waals surface area contributed by atoms with Crippen molar-refractivity contribution in [2.24, 2.45) is 0 Å². The van der Waals surface area contributed by atoms with Crippen LogP contribution in [0.5, 0.6) is 0 Å². The Morgan fingerprint density at radius 1 is 0.778 bits per heavy atom. The number of fused-ring (bicyclic) bond motifs is 1. The first-order valence-corrected chi connectivity index (χ1v) is 7.23. The molecule has 0 bridgehead atoms. The first kappa shape index (κ1) is 16.6. The standard InChI is InChI=1S/C15H11.Hf.2HI/c1-2-6-12(7-3-1)15-11-10-13-8-4-5-9-14(13)15;;;/h1-10,15H;;2*1H/q;+2;;/p-2. The number of hydrogen-bond acceptors (Lipinski definition) is 0. The van der Waals surface area contributed by atoms with E-state index in [0.717, 1.165) is 24.4 Å². The molecule has 2 aromatic rings. The van der Waals surface area contributed by atoms with Gasteiger partial charge in [-0.25, -0.2) is 0 Å². The van der Waals surface area contributed by atoms with E-state index in [1.54, 1.807) is 3.33 Å². The van der Waals surface area contributed by atoms with Gasteiger partial charge in [-0.05, 0) is 0 Å². The normalized spacial score (nSPS) is 16.1. The van der Waals surface area contributed by atoms with Gasteiger partial charge in [0.1, 0.15) is 0 Å². The van der Waals surface area contributed by atoms with Crippen LogP contribution in [0.1, 0.15) is 22.6 Å². The van der Waals surface area contributed by atoms with Crippen LogP contribution in [0.3, 0.4) is 0 Å². The fraction of sp³-hybridized carbons (Fsp3) is 0.0667. The van der Waals surface area contributed by atoms with Gasteiger partial charge < -0.3 is 48.0 Å².